The topological polar surface area (TPSA) is 69.6 Å². The average molecular weight is 344 g/mol. The first-order valence-corrected chi connectivity index (χ1v) is 8.15. The molecular formula is C15H18F2N2O3S. The van der Waals surface area contributed by atoms with E-state index in [1.54, 1.807) is 17.0 Å². The molecule has 1 heterocycles. The van der Waals surface area contributed by atoms with Gasteiger partial charge in [0.05, 0.1) is 6.54 Å². The Morgan fingerprint density at radius 3 is 2.61 bits per heavy atom. The molecule has 1 unspecified atom stereocenters. The van der Waals surface area contributed by atoms with E-state index in [4.69, 9.17) is 0 Å². The molecule has 1 fully saturated rings. The number of anilines is 1. The van der Waals surface area contributed by atoms with Crippen molar-refractivity contribution >= 4 is 29.3 Å². The van der Waals surface area contributed by atoms with E-state index in [1.165, 1.54) is 12.1 Å². The fraction of sp³-hybridized carbons (Fsp3) is 0.467. The van der Waals surface area contributed by atoms with Crippen LogP contribution in [0.4, 0.5) is 14.5 Å². The van der Waals surface area contributed by atoms with Gasteiger partial charge >= 0.3 is 5.97 Å². The van der Waals surface area contributed by atoms with Gasteiger partial charge in [0.1, 0.15) is 6.04 Å². The highest BCUT2D eigenvalue weighted by Gasteiger charge is 2.29. The molecule has 0 radical (unpaired) electrons. The Hall–Kier alpha value is -1.67. The third-order valence-electron chi connectivity index (χ3n) is 3.61. The Balaban J connectivity index is 1.89. The van der Waals surface area contributed by atoms with Crippen molar-refractivity contribution in [1.82, 2.24) is 4.90 Å². The molecule has 0 saturated carbocycles. The lowest BCUT2D eigenvalue weighted by Gasteiger charge is -2.32. The number of carboxylic acid groups (broad SMARTS) is 1. The molecule has 0 aromatic heterocycles. The van der Waals surface area contributed by atoms with Gasteiger partial charge in [0, 0.05) is 10.6 Å². The molecule has 1 saturated heterocycles. The summed E-state index contributed by atoms with van der Waals surface area (Å²) in [6.07, 6.45) is 2.26. The highest BCUT2D eigenvalue weighted by Crippen LogP contribution is 2.26. The van der Waals surface area contributed by atoms with Crippen molar-refractivity contribution < 1.29 is 23.5 Å². The van der Waals surface area contributed by atoms with Gasteiger partial charge in [0.2, 0.25) is 5.91 Å². The maximum absolute atomic E-state index is 12.2. The number of nitrogens with one attached hydrogen (secondary N) is 1. The molecule has 2 rings (SSSR count). The number of nitrogens with zero attached hydrogens (tertiary/aromatic N) is 1. The second-order valence-corrected chi connectivity index (χ2v) is 6.33. The number of carbonyl (C=O) groups is 2. The van der Waals surface area contributed by atoms with Crippen LogP contribution in [-0.2, 0) is 9.59 Å². The molecule has 1 aromatic rings. The summed E-state index contributed by atoms with van der Waals surface area (Å²) < 4.78 is 24.5. The quantitative estimate of drug-likeness (QED) is 0.777. The number of rotatable bonds is 6. The van der Waals surface area contributed by atoms with Crippen LogP contribution in [0, 0.1) is 0 Å². The van der Waals surface area contributed by atoms with Gasteiger partial charge in [0.15, 0.2) is 0 Å². The molecule has 0 aliphatic carbocycles. The Morgan fingerprint density at radius 1 is 1.30 bits per heavy atom. The summed E-state index contributed by atoms with van der Waals surface area (Å²) in [5, 5.41) is 11.8. The Bertz CT molecular complexity index is 554. The summed E-state index contributed by atoms with van der Waals surface area (Å²) in [7, 11) is 0. The molecule has 8 heteroatoms. The van der Waals surface area contributed by atoms with E-state index in [0.717, 1.165) is 12.8 Å². The Kier molecular flexibility index (Phi) is 6.35. The van der Waals surface area contributed by atoms with Crippen LogP contribution in [0.1, 0.15) is 19.3 Å². The second-order valence-electron chi connectivity index (χ2n) is 5.27. The normalized spacial score (nSPS) is 18.8. The third kappa shape index (κ3) is 5.47. The summed E-state index contributed by atoms with van der Waals surface area (Å²) in [5.74, 6) is -3.71. The smallest absolute Gasteiger partial charge is 0.320 e. The van der Waals surface area contributed by atoms with E-state index >= 15 is 0 Å². The van der Waals surface area contributed by atoms with Gasteiger partial charge in [-0.25, -0.2) is 0 Å². The fourth-order valence-corrected chi connectivity index (χ4v) is 3.06. The zero-order valence-electron chi connectivity index (χ0n) is 12.4. The first-order chi connectivity index (χ1) is 11.0. The lowest BCUT2D eigenvalue weighted by Crippen LogP contribution is -2.47. The number of piperidine rings is 1. The van der Waals surface area contributed by atoms with Gasteiger partial charge in [-0.2, -0.15) is 8.78 Å². The third-order valence-corrected chi connectivity index (χ3v) is 4.33. The number of halogens is 2. The number of aliphatic carboxylic acids is 1. The van der Waals surface area contributed by atoms with Gasteiger partial charge in [-0.1, -0.05) is 18.2 Å². The maximum atomic E-state index is 12.2. The van der Waals surface area contributed by atoms with Crippen molar-refractivity contribution in [3.8, 4) is 0 Å². The van der Waals surface area contributed by atoms with Gasteiger partial charge in [-0.15, -0.1) is 0 Å². The lowest BCUT2D eigenvalue weighted by atomic mass is 10.0. The van der Waals surface area contributed by atoms with E-state index in [9.17, 15) is 23.5 Å². The van der Waals surface area contributed by atoms with Gasteiger partial charge in [0.25, 0.3) is 5.76 Å². The first-order valence-electron chi connectivity index (χ1n) is 7.27. The molecule has 1 aliphatic rings. The molecule has 0 spiro atoms. The van der Waals surface area contributed by atoms with Crippen molar-refractivity contribution in [3.05, 3.63) is 24.3 Å². The SMILES string of the molecule is O=C(CN1CCCCC1C(=O)O)Nc1ccc(SC(F)F)cc1. The molecule has 5 nitrogen and oxygen atoms in total. The molecular weight excluding hydrogens is 326 g/mol. The van der Waals surface area contributed by atoms with Crippen LogP contribution in [-0.4, -0.2) is 46.8 Å². The number of carbonyl (C=O) groups excluding carboxylic acids is 1. The highest BCUT2D eigenvalue weighted by molar-refractivity contribution is 7.99. The average Bonchev–Trinajstić information content (AvgIpc) is 2.49. The predicted octanol–water partition coefficient (Wildman–Crippen LogP) is 2.88. The van der Waals surface area contributed by atoms with E-state index in [-0.39, 0.29) is 12.5 Å². The first kappa shape index (κ1) is 17.7. The summed E-state index contributed by atoms with van der Waals surface area (Å²) in [4.78, 5) is 25.3. The van der Waals surface area contributed by atoms with Gasteiger partial charge < -0.3 is 10.4 Å². The van der Waals surface area contributed by atoms with Crippen molar-refractivity contribution in [1.29, 1.82) is 0 Å². The van der Waals surface area contributed by atoms with E-state index in [0.29, 0.717) is 35.3 Å². The summed E-state index contributed by atoms with van der Waals surface area (Å²) in [5.41, 5.74) is 0.498. The zero-order chi connectivity index (χ0) is 16.8. The predicted molar refractivity (Wildman–Crippen MR) is 83.8 cm³/mol. The van der Waals surface area contributed by atoms with E-state index < -0.39 is 17.8 Å². The largest absolute Gasteiger partial charge is 0.480 e. The number of alkyl halides is 2. The van der Waals surface area contributed by atoms with Crippen LogP contribution in [0.2, 0.25) is 0 Å². The number of likely N-dealkylation sites (tertiary alicyclic amines) is 1. The number of amides is 1. The minimum atomic E-state index is -2.48. The van der Waals surface area contributed by atoms with Gasteiger partial charge in [-0.05, 0) is 43.7 Å². The Labute approximate surface area is 137 Å². The lowest BCUT2D eigenvalue weighted by molar-refractivity contribution is -0.145. The Morgan fingerprint density at radius 2 is 2.00 bits per heavy atom. The number of benzene rings is 1. The number of carboxylic acids is 1. The van der Waals surface area contributed by atoms with Crippen LogP contribution in [0.15, 0.2) is 29.2 Å². The molecule has 1 aliphatic heterocycles. The van der Waals surface area contributed by atoms with Crippen molar-refractivity contribution in [3.63, 3.8) is 0 Å². The standard InChI is InChI=1S/C15H18F2N2O3S/c16-15(17)23-11-6-4-10(5-7-11)18-13(20)9-19-8-2-1-3-12(19)14(21)22/h4-7,12,15H,1-3,8-9H2,(H,18,20)(H,21,22). The number of thioether (sulfide) groups is 1. The van der Waals surface area contributed by atoms with Crippen LogP contribution < -0.4 is 5.32 Å². The van der Waals surface area contributed by atoms with Crippen LogP contribution in [0.5, 0.6) is 0 Å². The molecule has 23 heavy (non-hydrogen) atoms. The minimum absolute atomic E-state index is 0.00447. The molecule has 1 atom stereocenters. The van der Waals surface area contributed by atoms with Crippen LogP contribution in [0.25, 0.3) is 0 Å². The molecule has 1 aromatic carbocycles. The van der Waals surface area contributed by atoms with Crippen molar-refractivity contribution in [2.75, 3.05) is 18.4 Å². The molecule has 126 valence electrons. The van der Waals surface area contributed by atoms with E-state index in [2.05, 4.69) is 5.32 Å². The molecule has 2 N–H and O–H groups in total. The van der Waals surface area contributed by atoms with Crippen molar-refractivity contribution in [2.45, 2.75) is 36.0 Å². The summed E-state index contributed by atoms with van der Waals surface area (Å²) >= 11 is 0.438. The molecule has 1 amide bonds. The van der Waals surface area contributed by atoms with Crippen LogP contribution in [0.3, 0.4) is 0 Å². The molecule has 0 bridgehead atoms. The van der Waals surface area contributed by atoms with E-state index in [1.807, 2.05) is 0 Å². The number of hydrogen-bond donors (Lipinski definition) is 2. The van der Waals surface area contributed by atoms with Gasteiger partial charge in [-0.3, -0.25) is 14.5 Å². The van der Waals surface area contributed by atoms with Crippen LogP contribution >= 0.6 is 11.8 Å². The monoisotopic (exact) mass is 344 g/mol. The second kappa shape index (κ2) is 8.26. The highest BCUT2D eigenvalue weighted by atomic mass is 32.2. The minimum Gasteiger partial charge on any atom is -0.480 e. The maximum Gasteiger partial charge on any atom is 0.320 e. The number of hydrogen-bond acceptors (Lipinski definition) is 4. The summed E-state index contributed by atoms with van der Waals surface area (Å²) in [6, 6.07) is 5.49. The zero-order valence-corrected chi connectivity index (χ0v) is 13.2. The fourth-order valence-electron chi connectivity index (χ4n) is 2.56. The summed E-state index contributed by atoms with van der Waals surface area (Å²) in [6.45, 7) is 0.582. The van der Waals surface area contributed by atoms with Crippen molar-refractivity contribution in [2.24, 2.45) is 0 Å².